The molecule has 0 unspecified atom stereocenters. The first kappa shape index (κ1) is 17.4. The Morgan fingerprint density at radius 3 is 2.74 bits per heavy atom. The van der Waals surface area contributed by atoms with Crippen LogP contribution in [0.5, 0.6) is 0 Å². The zero-order valence-corrected chi connectivity index (χ0v) is 14.0. The van der Waals surface area contributed by atoms with Gasteiger partial charge in [-0.15, -0.1) is 0 Å². The van der Waals surface area contributed by atoms with E-state index in [2.05, 4.69) is 10.5 Å². The van der Waals surface area contributed by atoms with E-state index in [1.807, 2.05) is 13.8 Å². The number of amides is 1. The topological polar surface area (TPSA) is 84.6 Å². The molecule has 1 N–H and O–H groups in total. The monoisotopic (exact) mass is 355 g/mol. The maximum Gasteiger partial charge on any atom is 0.270 e. The summed E-state index contributed by atoms with van der Waals surface area (Å²) in [5.41, 5.74) is 2.70. The van der Waals surface area contributed by atoms with Crippen LogP contribution in [0.3, 0.4) is 0 Å². The fourth-order valence-corrected chi connectivity index (χ4v) is 2.86. The molecule has 1 fully saturated rings. The molecule has 0 bridgehead atoms. The quantitative estimate of drug-likeness (QED) is 0.497. The van der Waals surface area contributed by atoms with Crippen molar-refractivity contribution in [2.75, 3.05) is 0 Å². The van der Waals surface area contributed by atoms with E-state index in [4.69, 9.17) is 23.2 Å². The molecule has 2 rings (SSSR count). The van der Waals surface area contributed by atoms with E-state index in [0.29, 0.717) is 5.56 Å². The number of hydrazone groups is 1. The summed E-state index contributed by atoms with van der Waals surface area (Å²) >= 11 is 11.3. The van der Waals surface area contributed by atoms with Crippen LogP contribution >= 0.6 is 23.2 Å². The number of benzene rings is 1. The van der Waals surface area contributed by atoms with Crippen LogP contribution in [0.25, 0.3) is 0 Å². The first-order valence-electron chi connectivity index (χ1n) is 6.83. The minimum atomic E-state index is -0.491. The molecule has 0 heterocycles. The molecule has 0 aliphatic heterocycles. The van der Waals surface area contributed by atoms with Crippen molar-refractivity contribution in [3.8, 4) is 0 Å². The highest BCUT2D eigenvalue weighted by Gasteiger charge is 2.60. The second kappa shape index (κ2) is 6.68. The minimum absolute atomic E-state index is 0.0365. The molecule has 122 valence electrons. The number of halogens is 2. The van der Waals surface area contributed by atoms with Gasteiger partial charge in [0.25, 0.3) is 5.69 Å². The Morgan fingerprint density at radius 1 is 1.43 bits per heavy atom. The summed E-state index contributed by atoms with van der Waals surface area (Å²) in [7, 11) is 0. The summed E-state index contributed by atoms with van der Waals surface area (Å²) < 4.78 is 0.137. The maximum absolute atomic E-state index is 12.1. The minimum Gasteiger partial charge on any atom is -0.273 e. The first-order valence-corrected chi connectivity index (χ1v) is 7.59. The molecule has 0 spiro atoms. The lowest BCUT2D eigenvalue weighted by Crippen LogP contribution is -2.21. The molecule has 6 nitrogen and oxygen atoms in total. The van der Waals surface area contributed by atoms with E-state index in [1.165, 1.54) is 18.3 Å². The number of hydrogen-bond donors (Lipinski definition) is 1. The Hall–Kier alpha value is -1.92. The summed E-state index contributed by atoms with van der Waals surface area (Å²) in [6, 6.07) is 5.96. The van der Waals surface area contributed by atoms with E-state index in [1.54, 1.807) is 18.2 Å². The second-order valence-corrected chi connectivity index (χ2v) is 6.88. The van der Waals surface area contributed by atoms with Crippen LogP contribution in [-0.4, -0.2) is 17.0 Å². The van der Waals surface area contributed by atoms with Crippen LogP contribution in [0.1, 0.15) is 19.4 Å². The highest BCUT2D eigenvalue weighted by atomic mass is 35.5. The summed E-state index contributed by atoms with van der Waals surface area (Å²) in [6.45, 7) is 3.89. The van der Waals surface area contributed by atoms with E-state index >= 15 is 0 Å². The van der Waals surface area contributed by atoms with Gasteiger partial charge in [0.15, 0.2) is 0 Å². The molecule has 2 atom stereocenters. The van der Waals surface area contributed by atoms with Gasteiger partial charge in [-0.25, -0.2) is 5.43 Å². The highest BCUT2D eigenvalue weighted by molar-refractivity contribution is 6.55. The lowest BCUT2D eigenvalue weighted by Gasteiger charge is -2.01. The fraction of sp³-hybridized carbons (Fsp3) is 0.333. The normalized spacial score (nSPS) is 21.7. The number of non-ortho nitro benzene ring substituents is 1. The van der Waals surface area contributed by atoms with Crippen LogP contribution in [0, 0.1) is 27.4 Å². The molecule has 1 aliphatic carbocycles. The summed E-state index contributed by atoms with van der Waals surface area (Å²) in [5, 5.41) is 14.5. The van der Waals surface area contributed by atoms with Gasteiger partial charge < -0.3 is 0 Å². The summed E-state index contributed by atoms with van der Waals surface area (Å²) in [5.74, 6) is -0.551. The molecular formula is C15H15Cl2N3O3. The average molecular weight is 356 g/mol. The van der Waals surface area contributed by atoms with Gasteiger partial charge in [0, 0.05) is 17.7 Å². The molecule has 1 aromatic carbocycles. The predicted octanol–water partition coefficient (Wildman–Crippen LogP) is 3.64. The van der Waals surface area contributed by atoms with Crippen molar-refractivity contribution >= 4 is 41.0 Å². The van der Waals surface area contributed by atoms with Crippen LogP contribution < -0.4 is 5.43 Å². The smallest absolute Gasteiger partial charge is 0.270 e. The number of carbonyl (C=O) groups excluding carboxylic acids is 1. The summed E-state index contributed by atoms with van der Waals surface area (Å²) in [4.78, 5) is 22.3. The van der Waals surface area contributed by atoms with Gasteiger partial charge in [-0.3, -0.25) is 14.9 Å². The first-order chi connectivity index (χ1) is 10.7. The lowest BCUT2D eigenvalue weighted by atomic mass is 10.1. The van der Waals surface area contributed by atoms with Crippen molar-refractivity contribution in [3.05, 3.63) is 50.5 Å². The number of nitrogens with zero attached hydrogens (tertiary/aromatic N) is 2. The molecule has 0 aromatic heterocycles. The SMILES string of the molecule is CC1(C)[C@H](C(=O)N/N=C\c2cccc([N+](=O)[O-])c2)[C@@H]1C=C(Cl)Cl. The van der Waals surface area contributed by atoms with Crippen LogP contribution in [-0.2, 0) is 4.79 Å². The molecule has 8 heteroatoms. The number of nitrogens with one attached hydrogen (secondary N) is 1. The standard InChI is InChI=1S/C15H15Cl2N3O3/c1-15(2)11(7-12(16)17)13(15)14(21)19-18-8-9-4-3-5-10(6-9)20(22)23/h3-8,11,13H,1-2H3,(H,19,21)/b18-8-/t11-,13-/m0/s1. The number of carbonyl (C=O) groups is 1. The van der Waals surface area contributed by atoms with E-state index in [-0.39, 0.29) is 33.3 Å². The summed E-state index contributed by atoms with van der Waals surface area (Å²) in [6.07, 6.45) is 3.01. The number of nitro benzene ring substituents is 1. The third-order valence-electron chi connectivity index (χ3n) is 3.97. The third-order valence-corrected chi connectivity index (χ3v) is 4.22. The Kier molecular flexibility index (Phi) is 5.06. The van der Waals surface area contributed by atoms with Gasteiger partial charge in [-0.2, -0.15) is 5.10 Å². The highest BCUT2D eigenvalue weighted by Crippen LogP contribution is 2.59. The predicted molar refractivity (Wildman–Crippen MR) is 89.4 cm³/mol. The Bertz CT molecular complexity index is 697. The Morgan fingerprint density at radius 2 is 2.13 bits per heavy atom. The molecular weight excluding hydrogens is 341 g/mol. The van der Waals surface area contributed by atoms with Crippen molar-refractivity contribution in [2.45, 2.75) is 13.8 Å². The van der Waals surface area contributed by atoms with E-state index in [0.717, 1.165) is 0 Å². The molecule has 1 aromatic rings. The van der Waals surface area contributed by atoms with E-state index in [9.17, 15) is 14.9 Å². The van der Waals surface area contributed by atoms with Gasteiger partial charge in [0.2, 0.25) is 5.91 Å². The second-order valence-electron chi connectivity index (χ2n) is 5.87. The molecule has 1 saturated carbocycles. The Balaban J connectivity index is 1.99. The van der Waals surface area contributed by atoms with Crippen molar-refractivity contribution in [1.82, 2.24) is 5.43 Å². The average Bonchev–Trinajstić information content (AvgIpc) is 2.99. The maximum atomic E-state index is 12.1. The van der Waals surface area contributed by atoms with Gasteiger partial charge >= 0.3 is 0 Å². The number of allylic oxidation sites excluding steroid dienone is 1. The number of rotatable bonds is 5. The Labute approximate surface area is 143 Å². The zero-order valence-electron chi connectivity index (χ0n) is 12.5. The van der Waals surface area contributed by atoms with E-state index < -0.39 is 4.92 Å². The third kappa shape index (κ3) is 4.09. The van der Waals surface area contributed by atoms with Crippen molar-refractivity contribution in [1.29, 1.82) is 0 Å². The van der Waals surface area contributed by atoms with Crippen LogP contribution in [0.2, 0.25) is 0 Å². The number of nitro groups is 1. The van der Waals surface area contributed by atoms with Gasteiger partial charge in [-0.1, -0.05) is 49.2 Å². The zero-order chi connectivity index (χ0) is 17.2. The molecule has 0 radical (unpaired) electrons. The number of hydrogen-bond acceptors (Lipinski definition) is 4. The van der Waals surface area contributed by atoms with Gasteiger partial charge in [0.05, 0.1) is 17.1 Å². The van der Waals surface area contributed by atoms with Crippen LogP contribution in [0.4, 0.5) is 5.69 Å². The molecule has 1 amide bonds. The molecule has 0 saturated heterocycles. The largest absolute Gasteiger partial charge is 0.273 e. The lowest BCUT2D eigenvalue weighted by molar-refractivity contribution is -0.384. The van der Waals surface area contributed by atoms with Crippen LogP contribution in [0.15, 0.2) is 39.9 Å². The molecule has 1 aliphatic rings. The van der Waals surface area contributed by atoms with Gasteiger partial charge in [-0.05, 0) is 17.4 Å². The van der Waals surface area contributed by atoms with Crippen molar-refractivity contribution in [2.24, 2.45) is 22.4 Å². The fourth-order valence-electron chi connectivity index (χ4n) is 2.58. The molecule has 23 heavy (non-hydrogen) atoms. The van der Waals surface area contributed by atoms with Crippen molar-refractivity contribution < 1.29 is 9.72 Å². The van der Waals surface area contributed by atoms with Crippen molar-refractivity contribution in [3.63, 3.8) is 0 Å². The van der Waals surface area contributed by atoms with Gasteiger partial charge in [0.1, 0.15) is 4.49 Å².